The number of imidazole rings is 1. The molecule has 0 aliphatic carbocycles. The first-order chi connectivity index (χ1) is 14.2. The molecule has 1 atom stereocenters. The minimum atomic E-state index is -0.0767. The maximum absolute atomic E-state index is 12.9. The highest BCUT2D eigenvalue weighted by molar-refractivity contribution is 5.91. The molecular weight excluding hydrogens is 366 g/mol. The summed E-state index contributed by atoms with van der Waals surface area (Å²) in [5.74, 6) is 2.03. The summed E-state index contributed by atoms with van der Waals surface area (Å²) >= 11 is 0. The molecule has 2 amide bonds. The third-order valence-electron chi connectivity index (χ3n) is 5.37. The summed E-state index contributed by atoms with van der Waals surface area (Å²) in [4.78, 5) is 23.9. The second kappa shape index (κ2) is 8.51. The van der Waals surface area contributed by atoms with E-state index in [1.165, 1.54) is 0 Å². The van der Waals surface area contributed by atoms with Crippen molar-refractivity contribution in [2.75, 3.05) is 25.0 Å². The largest absolute Gasteiger partial charge is 0.492 e. The maximum atomic E-state index is 12.9. The number of carbonyl (C=O) groups is 1. The predicted molar refractivity (Wildman–Crippen MR) is 113 cm³/mol. The predicted octanol–water partition coefficient (Wildman–Crippen LogP) is 4.08. The Kier molecular flexibility index (Phi) is 5.64. The van der Waals surface area contributed by atoms with Crippen LogP contribution in [0.4, 0.5) is 10.5 Å². The van der Waals surface area contributed by atoms with Crippen molar-refractivity contribution in [3.8, 4) is 5.75 Å². The highest BCUT2D eigenvalue weighted by atomic mass is 16.5. The van der Waals surface area contributed by atoms with Crippen LogP contribution >= 0.6 is 0 Å². The van der Waals surface area contributed by atoms with E-state index in [1.54, 1.807) is 6.20 Å². The number of hydrogen-bond donors (Lipinski definition) is 1. The van der Waals surface area contributed by atoms with Gasteiger partial charge in [-0.15, -0.1) is 0 Å². The molecule has 0 saturated carbocycles. The van der Waals surface area contributed by atoms with Gasteiger partial charge in [-0.1, -0.05) is 12.1 Å². The fourth-order valence-corrected chi connectivity index (χ4v) is 3.99. The van der Waals surface area contributed by atoms with E-state index in [1.807, 2.05) is 55.1 Å². The standard InChI is InChI=1S/C22H27N5O2/c1-3-29-20-11-5-4-9-18(20)25-22(28)26-13-7-8-17(14-26)15-27-16(2)24-19-10-6-12-23-21(19)27/h4-6,9-12,17H,3,7-8,13-15H2,1-2H3,(H,25,28). The zero-order valence-electron chi connectivity index (χ0n) is 17.0. The van der Waals surface area contributed by atoms with Gasteiger partial charge in [-0.25, -0.2) is 14.8 Å². The Balaban J connectivity index is 1.44. The van der Waals surface area contributed by atoms with Gasteiger partial charge in [-0.05, 0) is 56.9 Å². The summed E-state index contributed by atoms with van der Waals surface area (Å²) in [5, 5.41) is 3.02. The van der Waals surface area contributed by atoms with E-state index in [0.29, 0.717) is 30.5 Å². The number of fused-ring (bicyclic) bond motifs is 1. The van der Waals surface area contributed by atoms with Crippen LogP contribution in [0, 0.1) is 12.8 Å². The van der Waals surface area contributed by atoms with Crippen LogP contribution in [0.25, 0.3) is 11.2 Å². The van der Waals surface area contributed by atoms with Gasteiger partial charge in [0.1, 0.15) is 17.1 Å². The number of hydrogen-bond acceptors (Lipinski definition) is 4. The number of anilines is 1. The SMILES string of the molecule is CCOc1ccccc1NC(=O)N1CCCC(Cn2c(C)nc3cccnc32)C1. The van der Waals surface area contributed by atoms with Gasteiger partial charge in [0, 0.05) is 25.8 Å². The molecule has 1 aliphatic heterocycles. The average Bonchev–Trinajstić information content (AvgIpc) is 3.05. The molecular formula is C22H27N5O2. The van der Waals surface area contributed by atoms with Crippen molar-refractivity contribution in [2.45, 2.75) is 33.2 Å². The number of amides is 2. The summed E-state index contributed by atoms with van der Waals surface area (Å²) in [5.41, 5.74) is 2.54. The third-order valence-corrected chi connectivity index (χ3v) is 5.37. The van der Waals surface area contributed by atoms with Gasteiger partial charge >= 0.3 is 6.03 Å². The van der Waals surface area contributed by atoms with Crippen LogP contribution in [0.2, 0.25) is 0 Å². The number of ether oxygens (including phenoxy) is 1. The minimum absolute atomic E-state index is 0.0767. The van der Waals surface area contributed by atoms with Crippen LogP contribution in [-0.4, -0.2) is 45.2 Å². The molecule has 1 aromatic carbocycles. The van der Waals surface area contributed by atoms with E-state index >= 15 is 0 Å². The van der Waals surface area contributed by atoms with Gasteiger partial charge in [0.05, 0.1) is 12.3 Å². The number of piperidine rings is 1. The Labute approximate surface area is 170 Å². The molecule has 1 aliphatic rings. The molecule has 7 heteroatoms. The highest BCUT2D eigenvalue weighted by Gasteiger charge is 2.25. The number of nitrogens with one attached hydrogen (secondary N) is 1. The molecule has 1 unspecified atom stereocenters. The third kappa shape index (κ3) is 4.18. The van der Waals surface area contributed by atoms with E-state index in [9.17, 15) is 4.79 Å². The molecule has 0 bridgehead atoms. The Morgan fingerprint density at radius 1 is 1.28 bits per heavy atom. The van der Waals surface area contributed by atoms with Gasteiger partial charge in [-0.2, -0.15) is 0 Å². The molecule has 29 heavy (non-hydrogen) atoms. The van der Waals surface area contributed by atoms with E-state index in [4.69, 9.17) is 4.74 Å². The number of aryl methyl sites for hydroxylation is 1. The second-order valence-electron chi connectivity index (χ2n) is 7.43. The first-order valence-corrected chi connectivity index (χ1v) is 10.2. The maximum Gasteiger partial charge on any atom is 0.321 e. The Morgan fingerprint density at radius 3 is 3.00 bits per heavy atom. The molecule has 0 radical (unpaired) electrons. The average molecular weight is 393 g/mol. The summed E-state index contributed by atoms with van der Waals surface area (Å²) in [6.07, 6.45) is 3.88. The fraction of sp³-hybridized carbons (Fsp3) is 0.409. The lowest BCUT2D eigenvalue weighted by Gasteiger charge is -2.33. The molecule has 3 aromatic rings. The molecule has 1 saturated heterocycles. The Hall–Kier alpha value is -3.09. The van der Waals surface area contributed by atoms with Crippen LogP contribution in [0.5, 0.6) is 5.75 Å². The first kappa shape index (κ1) is 19.2. The smallest absolute Gasteiger partial charge is 0.321 e. The number of para-hydroxylation sites is 2. The monoisotopic (exact) mass is 393 g/mol. The number of urea groups is 1. The number of nitrogens with zero attached hydrogens (tertiary/aromatic N) is 4. The van der Waals surface area contributed by atoms with Crippen LogP contribution in [0.15, 0.2) is 42.6 Å². The van der Waals surface area contributed by atoms with Crippen molar-refractivity contribution >= 4 is 22.9 Å². The fourth-order valence-electron chi connectivity index (χ4n) is 3.99. The van der Waals surface area contributed by atoms with Gasteiger partial charge in [0.2, 0.25) is 0 Å². The Bertz CT molecular complexity index is 1000. The second-order valence-corrected chi connectivity index (χ2v) is 7.43. The van der Waals surface area contributed by atoms with E-state index in [2.05, 4.69) is 19.9 Å². The molecule has 7 nitrogen and oxygen atoms in total. The van der Waals surface area contributed by atoms with Crippen molar-refractivity contribution in [3.05, 3.63) is 48.4 Å². The van der Waals surface area contributed by atoms with Crippen LogP contribution in [0.1, 0.15) is 25.6 Å². The van der Waals surface area contributed by atoms with Crippen molar-refractivity contribution in [3.63, 3.8) is 0 Å². The lowest BCUT2D eigenvalue weighted by atomic mass is 9.98. The molecule has 0 spiro atoms. The summed E-state index contributed by atoms with van der Waals surface area (Å²) in [6.45, 7) is 6.81. The number of benzene rings is 1. The van der Waals surface area contributed by atoms with Crippen molar-refractivity contribution in [1.29, 1.82) is 0 Å². The summed E-state index contributed by atoms with van der Waals surface area (Å²) < 4.78 is 7.79. The van der Waals surface area contributed by atoms with Crippen LogP contribution in [0.3, 0.4) is 0 Å². The van der Waals surface area contributed by atoms with Gasteiger partial charge < -0.3 is 19.5 Å². The lowest BCUT2D eigenvalue weighted by Crippen LogP contribution is -2.43. The van der Waals surface area contributed by atoms with Crippen LogP contribution in [-0.2, 0) is 6.54 Å². The first-order valence-electron chi connectivity index (χ1n) is 10.2. The summed E-state index contributed by atoms with van der Waals surface area (Å²) in [7, 11) is 0. The molecule has 3 heterocycles. The normalized spacial score (nSPS) is 16.8. The molecule has 2 aromatic heterocycles. The van der Waals surface area contributed by atoms with Crippen molar-refractivity contribution in [2.24, 2.45) is 5.92 Å². The minimum Gasteiger partial charge on any atom is -0.492 e. The van der Waals surface area contributed by atoms with Crippen molar-refractivity contribution in [1.82, 2.24) is 19.4 Å². The van der Waals surface area contributed by atoms with Crippen molar-refractivity contribution < 1.29 is 9.53 Å². The number of pyridine rings is 1. The number of likely N-dealkylation sites (tertiary alicyclic amines) is 1. The van der Waals surface area contributed by atoms with E-state index in [0.717, 1.165) is 42.9 Å². The topological polar surface area (TPSA) is 72.3 Å². The van der Waals surface area contributed by atoms with Gasteiger partial charge in [0.25, 0.3) is 0 Å². The lowest BCUT2D eigenvalue weighted by molar-refractivity contribution is 0.170. The molecule has 1 fully saturated rings. The van der Waals surface area contributed by atoms with Gasteiger partial charge in [-0.3, -0.25) is 0 Å². The zero-order valence-corrected chi connectivity index (χ0v) is 17.0. The molecule has 1 N–H and O–H groups in total. The number of rotatable bonds is 5. The summed E-state index contributed by atoms with van der Waals surface area (Å²) in [6, 6.07) is 11.4. The van der Waals surface area contributed by atoms with E-state index in [-0.39, 0.29) is 6.03 Å². The number of aromatic nitrogens is 3. The van der Waals surface area contributed by atoms with E-state index < -0.39 is 0 Å². The van der Waals surface area contributed by atoms with Crippen LogP contribution < -0.4 is 10.1 Å². The Morgan fingerprint density at radius 2 is 2.14 bits per heavy atom. The molecule has 152 valence electrons. The van der Waals surface area contributed by atoms with Gasteiger partial charge in [0.15, 0.2) is 5.65 Å². The quantitative estimate of drug-likeness (QED) is 0.709. The zero-order chi connectivity index (χ0) is 20.2. The number of carbonyl (C=O) groups excluding carboxylic acids is 1. The molecule has 4 rings (SSSR count). The highest BCUT2D eigenvalue weighted by Crippen LogP contribution is 2.26.